The number of alkyl halides is 2. The highest BCUT2D eigenvalue weighted by Crippen LogP contribution is 2.39. The van der Waals surface area contributed by atoms with Gasteiger partial charge in [-0.1, -0.05) is 26.0 Å². The predicted molar refractivity (Wildman–Crippen MR) is 129 cm³/mol. The van der Waals surface area contributed by atoms with Crippen LogP contribution < -0.4 is 4.72 Å². The maximum absolute atomic E-state index is 15.3. The third kappa shape index (κ3) is 5.75. The van der Waals surface area contributed by atoms with Crippen LogP contribution in [0.2, 0.25) is 0 Å². The van der Waals surface area contributed by atoms with E-state index in [9.17, 15) is 22.0 Å². The number of aromatic nitrogens is 2. The molecule has 1 N–H and O–H groups in total. The Morgan fingerprint density at radius 3 is 2.78 bits per heavy atom. The summed E-state index contributed by atoms with van der Waals surface area (Å²) in [6, 6.07) is 6.09. The molecule has 1 amide bonds. The molecule has 2 aromatic heterocycles. The molecule has 36 heavy (non-hydrogen) atoms. The maximum atomic E-state index is 15.3. The molecule has 0 saturated carbocycles. The van der Waals surface area contributed by atoms with Crippen LogP contribution in [0.4, 0.5) is 18.0 Å². The second kappa shape index (κ2) is 10.6. The molecule has 1 aliphatic rings. The third-order valence-corrected chi connectivity index (χ3v) is 8.79. The summed E-state index contributed by atoms with van der Waals surface area (Å²) in [5.41, 5.74) is 1.08. The number of carbonyl (C=O) groups excluding carboxylic acids is 1. The molecule has 1 aromatic carbocycles. The zero-order valence-corrected chi connectivity index (χ0v) is 21.3. The lowest BCUT2D eigenvalue weighted by molar-refractivity contribution is 0.0917. The highest BCUT2D eigenvalue weighted by Gasteiger charge is 2.29. The molecule has 0 radical (unpaired) electrons. The number of sulfonamides is 1. The second-order valence-electron chi connectivity index (χ2n) is 8.97. The summed E-state index contributed by atoms with van der Waals surface area (Å²) in [6.07, 6.45) is 0.795. The van der Waals surface area contributed by atoms with E-state index in [2.05, 4.69) is 9.72 Å². The van der Waals surface area contributed by atoms with E-state index >= 15 is 4.39 Å². The monoisotopic (exact) mass is 541 g/mol. The molecule has 4 rings (SSSR count). The second-order valence-corrected chi connectivity index (χ2v) is 12.0. The molecule has 3 heterocycles. The summed E-state index contributed by atoms with van der Waals surface area (Å²) in [4.78, 5) is 17.0. The first kappa shape index (κ1) is 26.2. The number of hydrogen-bond donors (Lipinski definition) is 1. The third-order valence-electron chi connectivity index (χ3n) is 5.79. The van der Waals surface area contributed by atoms with Crippen molar-refractivity contribution in [1.82, 2.24) is 14.3 Å². The van der Waals surface area contributed by atoms with Gasteiger partial charge < -0.3 is 9.30 Å². The molecule has 0 aliphatic carbocycles. The molecule has 12 heteroatoms. The van der Waals surface area contributed by atoms with Gasteiger partial charge in [0.05, 0.1) is 12.6 Å². The minimum Gasteiger partial charge on any atom is -0.449 e. The summed E-state index contributed by atoms with van der Waals surface area (Å²) in [7, 11) is -4.40. The molecule has 0 spiro atoms. The molecular formula is C24H26F3N3O4S2. The first-order valence-corrected chi connectivity index (χ1v) is 13.8. The minimum absolute atomic E-state index is 0.172. The fourth-order valence-corrected chi connectivity index (χ4v) is 7.09. The summed E-state index contributed by atoms with van der Waals surface area (Å²) >= 11 is 0.974. The van der Waals surface area contributed by atoms with Gasteiger partial charge in [0.1, 0.15) is 15.9 Å². The lowest BCUT2D eigenvalue weighted by atomic mass is 9.99. The molecular weight excluding hydrogens is 515 g/mol. The topological polar surface area (TPSA) is 90.3 Å². The zero-order valence-electron chi connectivity index (χ0n) is 19.7. The van der Waals surface area contributed by atoms with Gasteiger partial charge in [0.2, 0.25) is 6.43 Å². The molecule has 0 unspecified atom stereocenters. The number of amides is 1. The minimum atomic E-state index is -4.40. The van der Waals surface area contributed by atoms with E-state index in [1.165, 1.54) is 6.07 Å². The Morgan fingerprint density at radius 2 is 2.08 bits per heavy atom. The van der Waals surface area contributed by atoms with Crippen molar-refractivity contribution in [1.29, 1.82) is 0 Å². The Kier molecular flexibility index (Phi) is 7.74. The Labute approximate surface area is 211 Å². The SMILES string of the molecule is CC(C)Cc1cc(-c2ccc([C@@H]3CCc4nccn43)c(F)c2)c(S(=O)(=O)NC(=O)OCCC(F)F)s1. The highest BCUT2D eigenvalue weighted by atomic mass is 32.2. The number of nitrogens with zero attached hydrogens (tertiary/aromatic N) is 2. The van der Waals surface area contributed by atoms with E-state index < -0.39 is 41.4 Å². The van der Waals surface area contributed by atoms with E-state index in [1.807, 2.05) is 24.6 Å². The van der Waals surface area contributed by atoms with Crippen LogP contribution in [0.25, 0.3) is 11.1 Å². The van der Waals surface area contributed by atoms with Crippen molar-refractivity contribution < 1.29 is 31.1 Å². The number of fused-ring (bicyclic) bond motifs is 1. The number of rotatable bonds is 9. The first-order valence-electron chi connectivity index (χ1n) is 11.5. The molecule has 7 nitrogen and oxygen atoms in total. The molecule has 1 atom stereocenters. The fourth-order valence-electron chi connectivity index (χ4n) is 4.25. The van der Waals surface area contributed by atoms with Crippen molar-refractivity contribution >= 4 is 27.5 Å². The van der Waals surface area contributed by atoms with Crippen molar-refractivity contribution in [2.75, 3.05) is 6.61 Å². The van der Waals surface area contributed by atoms with E-state index in [0.29, 0.717) is 24.0 Å². The maximum Gasteiger partial charge on any atom is 0.421 e. The van der Waals surface area contributed by atoms with Crippen LogP contribution in [-0.4, -0.2) is 37.1 Å². The number of carbonyl (C=O) groups is 1. The van der Waals surface area contributed by atoms with Crippen LogP contribution in [0.1, 0.15) is 49.0 Å². The quantitative estimate of drug-likeness (QED) is 0.383. The zero-order chi connectivity index (χ0) is 26.0. The van der Waals surface area contributed by atoms with E-state index in [0.717, 1.165) is 28.5 Å². The number of halogens is 3. The lowest BCUT2D eigenvalue weighted by Crippen LogP contribution is -2.31. The summed E-state index contributed by atoms with van der Waals surface area (Å²) in [5, 5.41) is 0. The Balaban J connectivity index is 1.64. The van der Waals surface area contributed by atoms with E-state index in [-0.39, 0.29) is 21.7 Å². The highest BCUT2D eigenvalue weighted by molar-refractivity contribution is 7.92. The van der Waals surface area contributed by atoms with Gasteiger partial charge in [0.25, 0.3) is 10.0 Å². The number of imidazole rings is 1. The van der Waals surface area contributed by atoms with Crippen LogP contribution in [0.5, 0.6) is 0 Å². The summed E-state index contributed by atoms with van der Waals surface area (Å²) < 4.78 is 74.1. The average molecular weight is 542 g/mol. The molecule has 3 aromatic rings. The van der Waals surface area contributed by atoms with Gasteiger partial charge in [0.15, 0.2) is 0 Å². The average Bonchev–Trinajstić information content (AvgIpc) is 3.49. The summed E-state index contributed by atoms with van der Waals surface area (Å²) in [5.74, 6) is 0.642. The summed E-state index contributed by atoms with van der Waals surface area (Å²) in [6.45, 7) is 3.33. The first-order chi connectivity index (χ1) is 17.0. The lowest BCUT2D eigenvalue weighted by Gasteiger charge is -2.15. The fraction of sp³-hybridized carbons (Fsp3) is 0.417. The van der Waals surface area contributed by atoms with Gasteiger partial charge in [-0.15, -0.1) is 11.3 Å². The number of ether oxygens (including phenoxy) is 1. The number of thiophene rings is 1. The Bertz CT molecular complexity index is 1350. The predicted octanol–water partition coefficient (Wildman–Crippen LogP) is 5.55. The van der Waals surface area contributed by atoms with Gasteiger partial charge in [-0.05, 0) is 36.5 Å². The van der Waals surface area contributed by atoms with Crippen molar-refractivity contribution in [3.05, 3.63) is 58.7 Å². The van der Waals surface area contributed by atoms with E-state index in [1.54, 1.807) is 29.1 Å². The van der Waals surface area contributed by atoms with Crippen LogP contribution in [0.3, 0.4) is 0 Å². The largest absolute Gasteiger partial charge is 0.449 e. The molecule has 0 bridgehead atoms. The van der Waals surface area contributed by atoms with Crippen molar-refractivity contribution in [3.63, 3.8) is 0 Å². The number of hydrogen-bond acceptors (Lipinski definition) is 6. The van der Waals surface area contributed by atoms with Gasteiger partial charge in [-0.3, -0.25) is 0 Å². The van der Waals surface area contributed by atoms with Gasteiger partial charge >= 0.3 is 6.09 Å². The van der Waals surface area contributed by atoms with Crippen LogP contribution in [-0.2, 0) is 27.6 Å². The van der Waals surface area contributed by atoms with Crippen molar-refractivity contribution in [2.45, 2.75) is 56.2 Å². The smallest absolute Gasteiger partial charge is 0.421 e. The van der Waals surface area contributed by atoms with Gasteiger partial charge in [0, 0.05) is 41.2 Å². The number of aryl methyl sites for hydroxylation is 1. The van der Waals surface area contributed by atoms with Gasteiger partial charge in [-0.25, -0.2) is 36.1 Å². The number of nitrogens with one attached hydrogen (secondary N) is 1. The van der Waals surface area contributed by atoms with Crippen LogP contribution in [0.15, 0.2) is 40.9 Å². The van der Waals surface area contributed by atoms with Gasteiger partial charge in [-0.2, -0.15) is 0 Å². The van der Waals surface area contributed by atoms with Crippen LogP contribution >= 0.6 is 11.3 Å². The molecule has 0 fully saturated rings. The van der Waals surface area contributed by atoms with E-state index in [4.69, 9.17) is 0 Å². The number of benzene rings is 1. The van der Waals surface area contributed by atoms with Crippen molar-refractivity contribution in [2.24, 2.45) is 5.92 Å². The standard InChI is InChI=1S/C24H26F3N3O4S2/c1-14(2)11-16-13-18(23(35-16)36(32,33)29-24(31)34-10-7-21(26)27)15-3-4-17(19(25)12-15)20-5-6-22-28-8-9-30(20)22/h3-4,8-9,12-14,20-21H,5-7,10-11H2,1-2H3,(H,29,31)/t20-/m0/s1. The van der Waals surface area contributed by atoms with Crippen LogP contribution in [0, 0.1) is 11.7 Å². The Hall–Kier alpha value is -2.86. The molecule has 0 saturated heterocycles. The normalized spacial score (nSPS) is 15.5. The van der Waals surface area contributed by atoms with Crippen molar-refractivity contribution in [3.8, 4) is 11.1 Å². The molecule has 1 aliphatic heterocycles. The molecule has 194 valence electrons. The Morgan fingerprint density at radius 1 is 1.31 bits per heavy atom.